The lowest BCUT2D eigenvalue weighted by Gasteiger charge is -2.31. The van der Waals surface area contributed by atoms with Crippen LogP contribution in [-0.4, -0.2) is 48.3 Å². The highest BCUT2D eigenvalue weighted by Gasteiger charge is 2.25. The zero-order chi connectivity index (χ0) is 14.8. The van der Waals surface area contributed by atoms with Crippen LogP contribution in [0.15, 0.2) is 17.3 Å². The molecular formula is C11H15ClN4O3S. The zero-order valence-corrected chi connectivity index (χ0v) is 12.5. The van der Waals surface area contributed by atoms with E-state index < -0.39 is 10.0 Å². The quantitative estimate of drug-likeness (QED) is 0.815. The number of piperidine rings is 1. The highest BCUT2D eigenvalue weighted by molar-refractivity contribution is 7.89. The van der Waals surface area contributed by atoms with Crippen molar-refractivity contribution in [1.29, 1.82) is 0 Å². The zero-order valence-electron chi connectivity index (χ0n) is 10.9. The molecule has 0 aliphatic carbocycles. The van der Waals surface area contributed by atoms with Gasteiger partial charge in [0.05, 0.1) is 12.4 Å². The van der Waals surface area contributed by atoms with Gasteiger partial charge in [-0.15, -0.1) is 0 Å². The van der Waals surface area contributed by atoms with E-state index >= 15 is 0 Å². The van der Waals surface area contributed by atoms with Crippen LogP contribution >= 0.6 is 11.6 Å². The molecule has 0 saturated carbocycles. The summed E-state index contributed by atoms with van der Waals surface area (Å²) in [7, 11) is -3.65. The van der Waals surface area contributed by atoms with Crippen molar-refractivity contribution >= 4 is 27.5 Å². The van der Waals surface area contributed by atoms with E-state index in [0.717, 1.165) is 0 Å². The number of amides is 1. The van der Waals surface area contributed by atoms with E-state index in [1.807, 2.05) is 0 Å². The predicted octanol–water partition coefficient (Wildman–Crippen LogP) is 0.419. The Balaban J connectivity index is 2.00. The third-order valence-electron chi connectivity index (χ3n) is 3.17. The number of hydrogen-bond acceptors (Lipinski definition) is 5. The van der Waals surface area contributed by atoms with E-state index in [9.17, 15) is 13.2 Å². The monoisotopic (exact) mass is 318 g/mol. The van der Waals surface area contributed by atoms with Crippen molar-refractivity contribution in [1.82, 2.24) is 19.6 Å². The standard InChI is InChI=1S/C11H15ClN4O3S/c1-8(17)16-4-2-9(3-5-16)15-20(18,19)10-6-13-11(12)14-7-10/h6-7,9,15H,2-5H2,1H3. The van der Waals surface area contributed by atoms with Crippen LogP contribution < -0.4 is 4.72 Å². The molecule has 7 nitrogen and oxygen atoms in total. The molecule has 1 amide bonds. The third-order valence-corrected chi connectivity index (χ3v) is 4.84. The van der Waals surface area contributed by atoms with Crippen molar-refractivity contribution in [2.75, 3.05) is 13.1 Å². The van der Waals surface area contributed by atoms with Crippen LogP contribution in [0.25, 0.3) is 0 Å². The molecule has 0 radical (unpaired) electrons. The van der Waals surface area contributed by atoms with E-state index in [0.29, 0.717) is 25.9 Å². The maximum absolute atomic E-state index is 12.1. The maximum Gasteiger partial charge on any atom is 0.243 e. The van der Waals surface area contributed by atoms with Gasteiger partial charge in [0.15, 0.2) is 0 Å². The largest absolute Gasteiger partial charge is 0.343 e. The van der Waals surface area contributed by atoms with Crippen LogP contribution in [0.3, 0.4) is 0 Å². The number of halogens is 1. The fraction of sp³-hybridized carbons (Fsp3) is 0.545. The van der Waals surface area contributed by atoms with E-state index in [1.54, 1.807) is 4.90 Å². The topological polar surface area (TPSA) is 92.3 Å². The number of rotatable bonds is 3. The Hall–Kier alpha value is -1.25. The highest BCUT2D eigenvalue weighted by Crippen LogP contribution is 2.14. The normalized spacial score (nSPS) is 17.2. The summed E-state index contributed by atoms with van der Waals surface area (Å²) in [5.41, 5.74) is 0. The van der Waals surface area contributed by atoms with Gasteiger partial charge in [-0.3, -0.25) is 4.79 Å². The minimum atomic E-state index is -3.65. The van der Waals surface area contributed by atoms with Crippen LogP contribution in [0.1, 0.15) is 19.8 Å². The summed E-state index contributed by atoms with van der Waals surface area (Å²) in [6, 6.07) is -0.189. The molecule has 1 aliphatic rings. The number of aromatic nitrogens is 2. The summed E-state index contributed by atoms with van der Waals surface area (Å²) in [5.74, 6) is 0.0115. The minimum Gasteiger partial charge on any atom is -0.343 e. The second-order valence-corrected chi connectivity index (χ2v) is 6.64. The second kappa shape index (κ2) is 6.02. The van der Waals surface area contributed by atoms with Gasteiger partial charge < -0.3 is 4.90 Å². The van der Waals surface area contributed by atoms with E-state index in [1.165, 1.54) is 19.3 Å². The van der Waals surface area contributed by atoms with Gasteiger partial charge in [0.2, 0.25) is 21.2 Å². The van der Waals surface area contributed by atoms with Gasteiger partial charge in [0.1, 0.15) is 4.90 Å². The number of nitrogens with one attached hydrogen (secondary N) is 1. The average molecular weight is 319 g/mol. The molecule has 110 valence electrons. The van der Waals surface area contributed by atoms with Crippen LogP contribution in [0.2, 0.25) is 5.28 Å². The predicted molar refractivity (Wildman–Crippen MR) is 72.6 cm³/mol. The first-order valence-electron chi connectivity index (χ1n) is 6.14. The van der Waals surface area contributed by atoms with Crippen molar-refractivity contribution in [3.63, 3.8) is 0 Å². The van der Waals surface area contributed by atoms with Gasteiger partial charge in [-0.05, 0) is 24.4 Å². The van der Waals surface area contributed by atoms with E-state index in [4.69, 9.17) is 11.6 Å². The fourth-order valence-electron chi connectivity index (χ4n) is 2.04. The first-order chi connectivity index (χ1) is 9.38. The molecule has 1 fully saturated rings. The van der Waals surface area contributed by atoms with Crippen molar-refractivity contribution in [3.05, 3.63) is 17.7 Å². The Morgan fingerprint density at radius 1 is 1.35 bits per heavy atom. The summed E-state index contributed by atoms with van der Waals surface area (Å²) in [6.45, 7) is 2.62. The SMILES string of the molecule is CC(=O)N1CCC(NS(=O)(=O)c2cnc(Cl)nc2)CC1. The molecule has 1 N–H and O–H groups in total. The molecule has 1 saturated heterocycles. The molecule has 0 bridgehead atoms. The van der Waals surface area contributed by atoms with Crippen LogP contribution in [0.4, 0.5) is 0 Å². The smallest absolute Gasteiger partial charge is 0.243 e. The number of hydrogen-bond donors (Lipinski definition) is 1. The molecule has 20 heavy (non-hydrogen) atoms. The summed E-state index contributed by atoms with van der Waals surface area (Å²) >= 11 is 5.52. The average Bonchev–Trinajstić information content (AvgIpc) is 2.39. The Morgan fingerprint density at radius 3 is 2.40 bits per heavy atom. The molecule has 1 aromatic rings. The number of carbonyl (C=O) groups excluding carboxylic acids is 1. The molecule has 0 unspecified atom stereocenters. The van der Waals surface area contributed by atoms with Crippen LogP contribution in [-0.2, 0) is 14.8 Å². The third kappa shape index (κ3) is 3.65. The molecule has 1 aliphatic heterocycles. The van der Waals surface area contributed by atoms with Gasteiger partial charge in [0, 0.05) is 26.1 Å². The van der Waals surface area contributed by atoms with Crippen LogP contribution in [0.5, 0.6) is 0 Å². The number of carbonyl (C=O) groups is 1. The van der Waals surface area contributed by atoms with Crippen LogP contribution in [0, 0.1) is 0 Å². The lowest BCUT2D eigenvalue weighted by molar-refractivity contribution is -0.129. The van der Waals surface area contributed by atoms with Gasteiger partial charge in [-0.1, -0.05) is 0 Å². The Bertz CT molecular complexity index is 582. The summed E-state index contributed by atoms with van der Waals surface area (Å²) in [5, 5.41) is -0.00119. The molecular weight excluding hydrogens is 304 g/mol. The highest BCUT2D eigenvalue weighted by atomic mass is 35.5. The fourth-order valence-corrected chi connectivity index (χ4v) is 3.33. The molecule has 9 heteroatoms. The lowest BCUT2D eigenvalue weighted by Crippen LogP contribution is -2.45. The van der Waals surface area contributed by atoms with Gasteiger partial charge in [0.25, 0.3) is 0 Å². The summed E-state index contributed by atoms with van der Waals surface area (Å²) < 4.78 is 26.8. The molecule has 0 spiro atoms. The number of likely N-dealkylation sites (tertiary alicyclic amines) is 1. The number of nitrogens with zero attached hydrogens (tertiary/aromatic N) is 3. The van der Waals surface area contributed by atoms with Crippen molar-refractivity contribution in [2.45, 2.75) is 30.7 Å². The molecule has 2 heterocycles. The Morgan fingerprint density at radius 2 is 1.90 bits per heavy atom. The van der Waals surface area contributed by atoms with Crippen molar-refractivity contribution < 1.29 is 13.2 Å². The number of sulfonamides is 1. The summed E-state index contributed by atoms with van der Waals surface area (Å²) in [6.07, 6.45) is 3.52. The van der Waals surface area contributed by atoms with Crippen molar-refractivity contribution in [2.24, 2.45) is 0 Å². The van der Waals surface area contributed by atoms with Gasteiger partial charge in [-0.25, -0.2) is 23.1 Å². The van der Waals surface area contributed by atoms with E-state index in [-0.39, 0.29) is 22.1 Å². The van der Waals surface area contributed by atoms with Gasteiger partial charge in [-0.2, -0.15) is 0 Å². The lowest BCUT2D eigenvalue weighted by atomic mass is 10.1. The first kappa shape index (κ1) is 15.1. The molecule has 2 rings (SSSR count). The van der Waals surface area contributed by atoms with Crippen molar-refractivity contribution in [3.8, 4) is 0 Å². The Labute approximate surface area is 122 Å². The molecule has 1 aromatic heterocycles. The van der Waals surface area contributed by atoms with E-state index in [2.05, 4.69) is 14.7 Å². The van der Waals surface area contributed by atoms with Gasteiger partial charge >= 0.3 is 0 Å². The Kier molecular flexibility index (Phi) is 4.56. The second-order valence-electron chi connectivity index (χ2n) is 4.59. The summed E-state index contributed by atoms with van der Waals surface area (Å²) in [4.78, 5) is 20.2. The minimum absolute atomic E-state index is 0.00119. The molecule has 0 atom stereocenters. The molecule has 0 aromatic carbocycles. The maximum atomic E-state index is 12.1. The first-order valence-corrected chi connectivity index (χ1v) is 8.00.